The summed E-state index contributed by atoms with van der Waals surface area (Å²) in [6, 6.07) is 5.78. The predicted octanol–water partition coefficient (Wildman–Crippen LogP) is 2.53. The maximum Gasteiger partial charge on any atom is 0.0964 e. The molecule has 1 aromatic rings. The van der Waals surface area contributed by atoms with Gasteiger partial charge in [-0.25, -0.2) is 0 Å². The Morgan fingerprint density at radius 1 is 1.43 bits per heavy atom. The van der Waals surface area contributed by atoms with Gasteiger partial charge in [0, 0.05) is 10.0 Å². The molecule has 0 saturated carbocycles. The lowest BCUT2D eigenvalue weighted by atomic mass is 9.92. The number of nitrogens with two attached hydrogens (primary N) is 1. The normalized spacial score (nSPS) is 14.1. The lowest BCUT2D eigenvalue weighted by Gasteiger charge is -2.26. The highest BCUT2D eigenvalue weighted by atomic mass is 79.9. The minimum Gasteiger partial charge on any atom is -0.387 e. The van der Waals surface area contributed by atoms with Gasteiger partial charge in [-0.05, 0) is 38.0 Å². The molecule has 0 spiro atoms. The van der Waals surface area contributed by atoms with Gasteiger partial charge in [-0.2, -0.15) is 0 Å². The van der Waals surface area contributed by atoms with Gasteiger partial charge in [-0.15, -0.1) is 0 Å². The van der Waals surface area contributed by atoms with Gasteiger partial charge in [-0.3, -0.25) is 0 Å². The van der Waals surface area contributed by atoms with E-state index in [4.69, 9.17) is 5.73 Å². The van der Waals surface area contributed by atoms with E-state index < -0.39 is 11.6 Å². The fourth-order valence-electron chi connectivity index (χ4n) is 1.21. The van der Waals surface area contributed by atoms with Crippen LogP contribution in [0.1, 0.15) is 31.1 Å². The quantitative estimate of drug-likeness (QED) is 0.856. The van der Waals surface area contributed by atoms with E-state index in [9.17, 15) is 5.11 Å². The van der Waals surface area contributed by atoms with Gasteiger partial charge in [0.1, 0.15) is 0 Å². The van der Waals surface area contributed by atoms with Gasteiger partial charge < -0.3 is 10.8 Å². The summed E-state index contributed by atoms with van der Waals surface area (Å²) in [7, 11) is 0. The number of aryl methyl sites for hydroxylation is 1. The fraction of sp³-hybridized carbons (Fsp3) is 0.455. The van der Waals surface area contributed by atoms with Gasteiger partial charge in [-0.1, -0.05) is 28.1 Å². The van der Waals surface area contributed by atoms with Crippen LogP contribution in [0.15, 0.2) is 22.7 Å². The van der Waals surface area contributed by atoms with Crippen molar-refractivity contribution in [2.45, 2.75) is 32.4 Å². The van der Waals surface area contributed by atoms with Crippen molar-refractivity contribution in [1.82, 2.24) is 0 Å². The number of aliphatic hydroxyl groups excluding tert-OH is 1. The molecule has 0 bridgehead atoms. The van der Waals surface area contributed by atoms with Crippen LogP contribution in [-0.4, -0.2) is 10.6 Å². The van der Waals surface area contributed by atoms with Gasteiger partial charge >= 0.3 is 0 Å². The molecule has 1 aromatic carbocycles. The Kier molecular flexibility index (Phi) is 3.35. The minimum atomic E-state index is -0.639. The summed E-state index contributed by atoms with van der Waals surface area (Å²) in [6.45, 7) is 5.63. The van der Waals surface area contributed by atoms with E-state index in [0.29, 0.717) is 0 Å². The summed E-state index contributed by atoms with van der Waals surface area (Å²) in [4.78, 5) is 0. The number of aliphatic hydroxyl groups is 1. The van der Waals surface area contributed by atoms with Crippen molar-refractivity contribution in [2.75, 3.05) is 0 Å². The van der Waals surface area contributed by atoms with Crippen LogP contribution in [0.3, 0.4) is 0 Å². The average molecular weight is 258 g/mol. The van der Waals surface area contributed by atoms with E-state index in [1.165, 1.54) is 0 Å². The monoisotopic (exact) mass is 257 g/mol. The summed E-state index contributed by atoms with van der Waals surface area (Å²) in [6.07, 6.45) is -0.639. The van der Waals surface area contributed by atoms with Gasteiger partial charge in [0.15, 0.2) is 0 Å². The Morgan fingerprint density at radius 3 is 2.43 bits per heavy atom. The fourth-order valence-corrected chi connectivity index (χ4v) is 1.61. The molecule has 0 aliphatic carbocycles. The van der Waals surface area contributed by atoms with Crippen molar-refractivity contribution in [2.24, 2.45) is 5.73 Å². The Balaban J connectivity index is 3.03. The lowest BCUT2D eigenvalue weighted by molar-refractivity contribution is 0.104. The summed E-state index contributed by atoms with van der Waals surface area (Å²) >= 11 is 3.43. The molecule has 0 fully saturated rings. The summed E-state index contributed by atoms with van der Waals surface area (Å²) < 4.78 is 0.998. The predicted molar refractivity (Wildman–Crippen MR) is 62.1 cm³/mol. The molecule has 2 nitrogen and oxygen atoms in total. The Morgan fingerprint density at radius 2 is 2.00 bits per heavy atom. The third kappa shape index (κ3) is 2.56. The lowest BCUT2D eigenvalue weighted by Crippen LogP contribution is -2.39. The molecule has 0 radical (unpaired) electrons. The molecule has 0 amide bonds. The van der Waals surface area contributed by atoms with Crippen LogP contribution >= 0.6 is 15.9 Å². The maximum atomic E-state index is 9.93. The minimum absolute atomic E-state index is 0.616. The molecular weight excluding hydrogens is 242 g/mol. The van der Waals surface area contributed by atoms with Crippen LogP contribution in [0.2, 0.25) is 0 Å². The van der Waals surface area contributed by atoms with Crippen LogP contribution in [-0.2, 0) is 0 Å². The third-order valence-electron chi connectivity index (χ3n) is 2.22. The zero-order valence-corrected chi connectivity index (χ0v) is 10.3. The molecular formula is C11H16BrNO. The van der Waals surface area contributed by atoms with Crippen LogP contribution in [0.4, 0.5) is 0 Å². The molecule has 0 saturated heterocycles. The largest absolute Gasteiger partial charge is 0.387 e. The Bertz CT molecular complexity index is 331. The zero-order valence-electron chi connectivity index (χ0n) is 8.71. The highest BCUT2D eigenvalue weighted by Gasteiger charge is 2.24. The third-order valence-corrected chi connectivity index (χ3v) is 3.07. The van der Waals surface area contributed by atoms with Crippen LogP contribution in [0, 0.1) is 6.92 Å². The molecule has 3 N–H and O–H groups in total. The first-order chi connectivity index (χ1) is 6.32. The molecule has 78 valence electrons. The smallest absolute Gasteiger partial charge is 0.0964 e. The molecule has 3 heteroatoms. The van der Waals surface area contributed by atoms with E-state index in [1.807, 2.05) is 39.0 Å². The first-order valence-corrected chi connectivity index (χ1v) is 5.34. The number of benzene rings is 1. The number of halogens is 1. The highest BCUT2D eigenvalue weighted by molar-refractivity contribution is 9.10. The first kappa shape index (κ1) is 11.7. The number of rotatable bonds is 2. The van der Waals surface area contributed by atoms with E-state index >= 15 is 0 Å². The average Bonchev–Trinajstić information content (AvgIpc) is 2.07. The van der Waals surface area contributed by atoms with Gasteiger partial charge in [0.25, 0.3) is 0 Å². The van der Waals surface area contributed by atoms with Crippen molar-refractivity contribution in [1.29, 1.82) is 0 Å². The second kappa shape index (κ2) is 4.01. The van der Waals surface area contributed by atoms with Gasteiger partial charge in [0.05, 0.1) is 6.10 Å². The van der Waals surface area contributed by atoms with Gasteiger partial charge in [0.2, 0.25) is 0 Å². The second-order valence-corrected chi connectivity index (χ2v) is 5.09. The standard InChI is InChI=1S/C11H16BrNO/c1-7-4-5-8(6-9(7)12)10(14)11(2,3)13/h4-6,10,14H,13H2,1-3H3. The molecule has 0 aliphatic rings. The summed E-state index contributed by atoms with van der Waals surface area (Å²) in [5, 5.41) is 9.93. The van der Waals surface area contributed by atoms with Crippen molar-refractivity contribution in [3.63, 3.8) is 0 Å². The van der Waals surface area contributed by atoms with Crippen molar-refractivity contribution >= 4 is 15.9 Å². The van der Waals surface area contributed by atoms with Crippen molar-refractivity contribution in [3.8, 4) is 0 Å². The Hall–Kier alpha value is -0.380. The molecule has 0 aliphatic heterocycles. The molecule has 1 atom stereocenters. The molecule has 0 heterocycles. The van der Waals surface area contributed by atoms with E-state index in [-0.39, 0.29) is 0 Å². The maximum absolute atomic E-state index is 9.93. The van der Waals surface area contributed by atoms with Crippen LogP contribution < -0.4 is 5.73 Å². The van der Waals surface area contributed by atoms with E-state index in [1.54, 1.807) is 0 Å². The molecule has 0 aromatic heterocycles. The molecule has 14 heavy (non-hydrogen) atoms. The number of hydrogen-bond donors (Lipinski definition) is 2. The molecule has 1 rings (SSSR count). The topological polar surface area (TPSA) is 46.2 Å². The van der Waals surface area contributed by atoms with Crippen LogP contribution in [0.25, 0.3) is 0 Å². The second-order valence-electron chi connectivity index (χ2n) is 4.23. The van der Waals surface area contributed by atoms with E-state index in [2.05, 4.69) is 15.9 Å². The van der Waals surface area contributed by atoms with Crippen LogP contribution in [0.5, 0.6) is 0 Å². The molecule has 1 unspecified atom stereocenters. The summed E-state index contributed by atoms with van der Waals surface area (Å²) in [5.74, 6) is 0. The first-order valence-electron chi connectivity index (χ1n) is 4.55. The Labute approximate surface area is 93.3 Å². The highest BCUT2D eigenvalue weighted by Crippen LogP contribution is 2.27. The number of hydrogen-bond acceptors (Lipinski definition) is 2. The SMILES string of the molecule is Cc1ccc(C(O)C(C)(C)N)cc1Br. The van der Waals surface area contributed by atoms with Crippen molar-refractivity contribution in [3.05, 3.63) is 33.8 Å². The zero-order chi connectivity index (χ0) is 10.9. The summed E-state index contributed by atoms with van der Waals surface area (Å²) in [5.41, 5.74) is 7.21. The van der Waals surface area contributed by atoms with Crippen molar-refractivity contribution < 1.29 is 5.11 Å². The van der Waals surface area contributed by atoms with E-state index in [0.717, 1.165) is 15.6 Å².